The molecule has 0 atom stereocenters. The molecule has 0 spiro atoms. The van der Waals surface area contributed by atoms with Crippen LogP contribution in [0.3, 0.4) is 0 Å². The zero-order valence-corrected chi connectivity index (χ0v) is 9.21. The van der Waals surface area contributed by atoms with Gasteiger partial charge in [0.15, 0.2) is 11.5 Å². The number of nitrogens with zero attached hydrogens (tertiary/aromatic N) is 4. The first-order valence-corrected chi connectivity index (χ1v) is 4.93. The van der Waals surface area contributed by atoms with E-state index in [9.17, 15) is 13.2 Å². The van der Waals surface area contributed by atoms with Crippen LogP contribution in [0.15, 0.2) is 6.33 Å². The Hall–Kier alpha value is -1.86. The molecule has 2 heterocycles. The lowest BCUT2D eigenvalue weighted by Gasteiger charge is -2.17. The maximum atomic E-state index is 12.6. The van der Waals surface area contributed by atoms with Gasteiger partial charge < -0.3 is 9.88 Å². The lowest BCUT2D eigenvalue weighted by atomic mass is 10.4. The van der Waals surface area contributed by atoms with Gasteiger partial charge in [-0.15, -0.1) is 0 Å². The van der Waals surface area contributed by atoms with E-state index < -0.39 is 12.0 Å². The van der Waals surface area contributed by atoms with E-state index in [1.165, 1.54) is 6.33 Å². The molecule has 5 nitrogen and oxygen atoms in total. The van der Waals surface area contributed by atoms with Crippen LogP contribution in [0.2, 0.25) is 0 Å². The van der Waals surface area contributed by atoms with Crippen molar-refractivity contribution in [1.82, 2.24) is 19.9 Å². The molecule has 0 fully saturated rings. The van der Waals surface area contributed by atoms with Crippen LogP contribution in [0, 0.1) is 0 Å². The Morgan fingerprint density at radius 1 is 1.35 bits per heavy atom. The number of alkyl halides is 3. The molecule has 0 unspecified atom stereocenters. The van der Waals surface area contributed by atoms with Gasteiger partial charge in [-0.25, -0.2) is 15.0 Å². The fourth-order valence-electron chi connectivity index (χ4n) is 1.37. The van der Waals surface area contributed by atoms with Gasteiger partial charge in [0.1, 0.15) is 5.52 Å². The molecule has 0 amide bonds. The van der Waals surface area contributed by atoms with Gasteiger partial charge in [-0.05, 0) is 6.92 Å². The fourth-order valence-corrected chi connectivity index (χ4v) is 1.37. The number of nitrogens with one attached hydrogen (secondary N) is 1. The second kappa shape index (κ2) is 3.86. The predicted octanol–water partition coefficient (Wildman–Crippen LogP) is 1.83. The summed E-state index contributed by atoms with van der Waals surface area (Å²) in [7, 11) is 1.66. The molecule has 0 radical (unpaired) electrons. The first-order valence-electron chi connectivity index (χ1n) is 4.93. The van der Waals surface area contributed by atoms with Crippen molar-refractivity contribution < 1.29 is 13.2 Å². The Morgan fingerprint density at radius 2 is 2.06 bits per heavy atom. The minimum absolute atomic E-state index is 0.0163. The fraction of sp³-hybridized carbons (Fsp3) is 0.444. The summed E-state index contributed by atoms with van der Waals surface area (Å²) in [5, 5.41) is 0. The molecule has 1 N–H and O–H groups in total. The Balaban J connectivity index is 2.67. The molecule has 0 aliphatic rings. The van der Waals surface area contributed by atoms with Crippen molar-refractivity contribution >= 4 is 17.0 Å². The first-order chi connectivity index (χ1) is 7.93. The summed E-state index contributed by atoms with van der Waals surface area (Å²) in [5.74, 6) is -0.977. The number of hydrogen-bond acceptors (Lipinski definition) is 4. The summed E-state index contributed by atoms with van der Waals surface area (Å²) in [6.45, 7) is 2.35. The highest BCUT2D eigenvalue weighted by Gasteiger charge is 2.36. The van der Waals surface area contributed by atoms with E-state index in [1.54, 1.807) is 11.9 Å². The number of rotatable bonds is 2. The second-order valence-corrected chi connectivity index (χ2v) is 3.48. The van der Waals surface area contributed by atoms with Crippen LogP contribution in [0.5, 0.6) is 0 Å². The highest BCUT2D eigenvalue weighted by atomic mass is 19.4. The smallest absolute Gasteiger partial charge is 0.358 e. The van der Waals surface area contributed by atoms with Gasteiger partial charge in [0, 0.05) is 13.6 Å². The maximum absolute atomic E-state index is 12.6. The van der Waals surface area contributed by atoms with Crippen molar-refractivity contribution in [2.45, 2.75) is 13.1 Å². The Labute approximate surface area is 94.7 Å². The summed E-state index contributed by atoms with van der Waals surface area (Å²) in [6, 6.07) is 0. The number of fused-ring (bicyclic) bond motifs is 1. The van der Waals surface area contributed by atoms with Gasteiger partial charge in [-0.2, -0.15) is 13.2 Å². The normalized spacial score (nSPS) is 12.1. The largest absolute Gasteiger partial charge is 0.451 e. The van der Waals surface area contributed by atoms with Crippen LogP contribution in [0.1, 0.15) is 12.7 Å². The molecule has 2 rings (SSSR count). The molecule has 0 aromatic carbocycles. The molecule has 8 heteroatoms. The number of aromatic amines is 1. The summed E-state index contributed by atoms with van der Waals surface area (Å²) in [5.41, 5.74) is 0.421. The molecular formula is C9H10F3N5. The topological polar surface area (TPSA) is 57.7 Å². The average Bonchev–Trinajstić information content (AvgIpc) is 2.73. The molecule has 0 bridgehead atoms. The minimum atomic E-state index is -4.57. The average molecular weight is 245 g/mol. The summed E-state index contributed by atoms with van der Waals surface area (Å²) in [4.78, 5) is 15.0. The van der Waals surface area contributed by atoms with Crippen molar-refractivity contribution in [3.63, 3.8) is 0 Å². The number of halogens is 3. The van der Waals surface area contributed by atoms with Crippen molar-refractivity contribution in [1.29, 1.82) is 0 Å². The molecule has 0 aliphatic heterocycles. The van der Waals surface area contributed by atoms with Crippen molar-refractivity contribution in [2.24, 2.45) is 0 Å². The highest BCUT2D eigenvalue weighted by molar-refractivity contribution is 5.82. The molecular weight excluding hydrogens is 235 g/mol. The Kier molecular flexibility index (Phi) is 2.64. The SMILES string of the molecule is CCN(C)c1nc(C(F)(F)F)nc2nc[nH]c12. The summed E-state index contributed by atoms with van der Waals surface area (Å²) < 4.78 is 37.8. The number of hydrogen-bond donors (Lipinski definition) is 1. The number of aromatic nitrogens is 4. The van der Waals surface area contributed by atoms with Gasteiger partial charge in [-0.1, -0.05) is 0 Å². The second-order valence-electron chi connectivity index (χ2n) is 3.48. The zero-order chi connectivity index (χ0) is 12.6. The van der Waals surface area contributed by atoms with Crippen LogP contribution in [-0.4, -0.2) is 33.5 Å². The van der Waals surface area contributed by atoms with Crippen LogP contribution >= 0.6 is 0 Å². The van der Waals surface area contributed by atoms with E-state index in [4.69, 9.17) is 0 Å². The number of H-pyrrole nitrogens is 1. The molecule has 0 aliphatic carbocycles. The van der Waals surface area contributed by atoms with Crippen molar-refractivity contribution in [3.8, 4) is 0 Å². The van der Waals surface area contributed by atoms with Gasteiger partial charge in [-0.3, -0.25) is 0 Å². The van der Waals surface area contributed by atoms with E-state index in [2.05, 4.69) is 19.9 Å². The van der Waals surface area contributed by atoms with E-state index in [1.807, 2.05) is 6.92 Å². The van der Waals surface area contributed by atoms with Crippen LogP contribution in [-0.2, 0) is 6.18 Å². The van der Waals surface area contributed by atoms with E-state index in [0.29, 0.717) is 12.1 Å². The van der Waals surface area contributed by atoms with E-state index in [-0.39, 0.29) is 11.5 Å². The molecule has 92 valence electrons. The van der Waals surface area contributed by atoms with Crippen molar-refractivity contribution in [2.75, 3.05) is 18.5 Å². The molecule has 0 saturated carbocycles. The lowest BCUT2D eigenvalue weighted by molar-refractivity contribution is -0.144. The van der Waals surface area contributed by atoms with Gasteiger partial charge in [0.05, 0.1) is 6.33 Å². The predicted molar refractivity (Wildman–Crippen MR) is 55.6 cm³/mol. The molecule has 2 aromatic rings. The van der Waals surface area contributed by atoms with Gasteiger partial charge >= 0.3 is 6.18 Å². The third-order valence-electron chi connectivity index (χ3n) is 2.36. The quantitative estimate of drug-likeness (QED) is 0.876. The summed E-state index contributed by atoms with van der Waals surface area (Å²) >= 11 is 0. The number of anilines is 1. The van der Waals surface area contributed by atoms with Crippen LogP contribution in [0.25, 0.3) is 11.2 Å². The van der Waals surface area contributed by atoms with E-state index in [0.717, 1.165) is 0 Å². The molecule has 2 aromatic heterocycles. The van der Waals surface area contributed by atoms with Crippen LogP contribution in [0.4, 0.5) is 19.0 Å². The number of imidazole rings is 1. The van der Waals surface area contributed by atoms with Crippen molar-refractivity contribution in [3.05, 3.63) is 12.2 Å². The van der Waals surface area contributed by atoms with Gasteiger partial charge in [0.2, 0.25) is 5.82 Å². The molecule has 17 heavy (non-hydrogen) atoms. The zero-order valence-electron chi connectivity index (χ0n) is 9.21. The van der Waals surface area contributed by atoms with Gasteiger partial charge in [0.25, 0.3) is 0 Å². The summed E-state index contributed by atoms with van der Waals surface area (Å²) in [6.07, 6.45) is -3.27. The third kappa shape index (κ3) is 2.02. The standard InChI is InChI=1S/C9H10F3N5/c1-3-17(2)7-5-6(14-4-13-5)15-8(16-7)9(10,11)12/h4H,3H2,1-2H3,(H,13,14,15,16). The molecule has 0 saturated heterocycles. The Bertz CT molecular complexity index is 533. The van der Waals surface area contributed by atoms with Crippen LogP contribution < -0.4 is 4.90 Å². The highest BCUT2D eigenvalue weighted by Crippen LogP contribution is 2.30. The lowest BCUT2D eigenvalue weighted by Crippen LogP contribution is -2.21. The minimum Gasteiger partial charge on any atom is -0.358 e. The Morgan fingerprint density at radius 3 is 2.65 bits per heavy atom. The maximum Gasteiger partial charge on any atom is 0.451 e. The third-order valence-corrected chi connectivity index (χ3v) is 2.36. The monoisotopic (exact) mass is 245 g/mol. The van der Waals surface area contributed by atoms with E-state index >= 15 is 0 Å². The first kappa shape index (κ1) is 11.6.